The number of alkyl halides is 6. The zero-order valence-electron chi connectivity index (χ0n) is 21.3. The molecule has 0 saturated heterocycles. The van der Waals surface area contributed by atoms with Crippen molar-refractivity contribution in [2.45, 2.75) is 14.1 Å². The molecule has 0 fully saturated rings. The molecule has 0 amide bonds. The zero-order chi connectivity index (χ0) is 31.8. The average Bonchev–Trinajstić information content (AvgIpc) is 2.92. The first kappa shape index (κ1) is 37.4. The van der Waals surface area contributed by atoms with E-state index in [0.29, 0.717) is 11.1 Å². The average molecular weight is 993 g/mol. The normalized spacial score (nSPS) is 11.9. The number of hydrogen-bond donors (Lipinski definition) is 0. The van der Waals surface area contributed by atoms with Gasteiger partial charge in [0.15, 0.2) is 4.29 Å². The highest BCUT2D eigenvalue weighted by molar-refractivity contribution is 9.39. The molecular formula is C26H20BBr6F4NO3S. The first-order valence-corrected chi connectivity index (χ1v) is 17.7. The van der Waals surface area contributed by atoms with Crippen molar-refractivity contribution in [1.29, 1.82) is 0 Å². The van der Waals surface area contributed by atoms with Gasteiger partial charge < -0.3 is 17.3 Å². The van der Waals surface area contributed by atoms with Crippen LogP contribution in [0.3, 0.4) is 0 Å². The number of sulfone groups is 1. The van der Waals surface area contributed by atoms with Crippen LogP contribution in [0.15, 0.2) is 113 Å². The summed E-state index contributed by atoms with van der Waals surface area (Å²) in [6.07, 6.45) is 3.78. The second-order valence-corrected chi connectivity index (χ2v) is 23.4. The van der Waals surface area contributed by atoms with Gasteiger partial charge in [0.25, 0.3) is 0 Å². The number of rotatable bonds is 4. The van der Waals surface area contributed by atoms with Gasteiger partial charge in [-0.05, 0) is 23.3 Å². The number of benzene rings is 3. The standard InChI is InChI=1S/C14H8Br6O2S.C12H12NO.BF4/c15-13(16,17)9-5-1-3-7-11(9)23(21,22)12-8-4-2-6-10(12)14(18,19)20;1-14-13-9-7-12(8-10-13)11-5-3-2-4-6-11;2-1(3,4)5/h1-8H;2-10H,1H3;/q;+1;-1. The summed E-state index contributed by atoms with van der Waals surface area (Å²) in [5, 5.41) is 0. The number of nitrogens with zero attached hydrogens (tertiary/aromatic N) is 1. The molecule has 1 aromatic heterocycles. The highest BCUT2D eigenvalue weighted by atomic mass is 80.0. The number of halogens is 10. The lowest BCUT2D eigenvalue weighted by Gasteiger charge is -2.21. The van der Waals surface area contributed by atoms with Crippen molar-refractivity contribution in [3.8, 4) is 11.1 Å². The second kappa shape index (κ2) is 16.0. The minimum absolute atomic E-state index is 0.204. The Morgan fingerprint density at radius 1 is 0.619 bits per heavy atom. The van der Waals surface area contributed by atoms with Gasteiger partial charge in [-0.15, -0.1) is 0 Å². The van der Waals surface area contributed by atoms with E-state index in [-0.39, 0.29) is 9.79 Å². The van der Waals surface area contributed by atoms with Gasteiger partial charge in [-0.2, -0.15) is 0 Å². The molecule has 226 valence electrons. The summed E-state index contributed by atoms with van der Waals surface area (Å²) in [6, 6.07) is 27.9. The Bertz CT molecular complexity index is 1480. The summed E-state index contributed by atoms with van der Waals surface area (Å²) in [4.78, 5) is 5.43. The van der Waals surface area contributed by atoms with Crippen LogP contribution < -0.4 is 9.57 Å². The summed E-state index contributed by atoms with van der Waals surface area (Å²) in [7, 11) is -8.11. The van der Waals surface area contributed by atoms with Crippen molar-refractivity contribution in [1.82, 2.24) is 0 Å². The maximum Gasteiger partial charge on any atom is 0.673 e. The van der Waals surface area contributed by atoms with Gasteiger partial charge in [0.2, 0.25) is 22.2 Å². The topological polar surface area (TPSA) is 47.2 Å². The van der Waals surface area contributed by atoms with Gasteiger partial charge in [-0.25, -0.2) is 8.42 Å². The summed E-state index contributed by atoms with van der Waals surface area (Å²) in [5.74, 6) is 0. The Hall–Kier alpha value is -0.775. The molecule has 16 heteroatoms. The lowest BCUT2D eigenvalue weighted by atomic mass is 10.1. The molecule has 1 heterocycles. The highest BCUT2D eigenvalue weighted by Gasteiger charge is 2.35. The summed E-state index contributed by atoms with van der Waals surface area (Å²) in [5.41, 5.74) is 3.52. The first-order valence-electron chi connectivity index (χ1n) is 11.4. The van der Waals surface area contributed by atoms with Gasteiger partial charge >= 0.3 is 7.25 Å². The quantitative estimate of drug-likeness (QED) is 0.0886. The molecule has 0 spiro atoms. The third-order valence-corrected chi connectivity index (χ3v) is 9.52. The van der Waals surface area contributed by atoms with Gasteiger partial charge in [-0.3, -0.25) is 4.84 Å². The van der Waals surface area contributed by atoms with Crippen LogP contribution in [0.4, 0.5) is 17.3 Å². The molecule has 3 aromatic carbocycles. The van der Waals surface area contributed by atoms with Crippen LogP contribution in [0.2, 0.25) is 0 Å². The van der Waals surface area contributed by atoms with Crippen LogP contribution in [0, 0.1) is 0 Å². The fourth-order valence-corrected chi connectivity index (χ4v) is 7.98. The SMILES string of the molecule is CO[n+]1ccc(-c2ccccc2)cc1.F[B-](F)(F)F.O=S(=O)(c1ccccc1C(Br)(Br)Br)c1ccccc1C(Br)(Br)Br. The molecule has 0 saturated carbocycles. The van der Waals surface area contributed by atoms with Crippen LogP contribution in [-0.4, -0.2) is 22.8 Å². The largest absolute Gasteiger partial charge is 0.673 e. The van der Waals surface area contributed by atoms with Gasteiger partial charge in [0, 0.05) is 28.0 Å². The predicted molar refractivity (Wildman–Crippen MR) is 180 cm³/mol. The van der Waals surface area contributed by atoms with Crippen molar-refractivity contribution >= 4 is 113 Å². The van der Waals surface area contributed by atoms with E-state index in [0.717, 1.165) is 0 Å². The van der Waals surface area contributed by atoms with E-state index in [1.807, 2.05) is 42.7 Å². The van der Waals surface area contributed by atoms with E-state index in [4.69, 9.17) is 4.84 Å². The van der Waals surface area contributed by atoms with Crippen LogP contribution >= 0.6 is 95.6 Å². The summed E-state index contributed by atoms with van der Waals surface area (Å²) >= 11 is 20.4. The Balaban J connectivity index is 0.000000273. The third-order valence-electron chi connectivity index (χ3n) is 5.08. The third kappa shape index (κ3) is 12.0. The molecule has 4 aromatic rings. The molecule has 0 atom stereocenters. The van der Waals surface area contributed by atoms with Crippen molar-refractivity contribution in [3.05, 3.63) is 115 Å². The van der Waals surface area contributed by atoms with Gasteiger partial charge in [-0.1, -0.05) is 162 Å². The first-order chi connectivity index (χ1) is 19.4. The Labute approximate surface area is 292 Å². The molecule has 0 aliphatic heterocycles. The molecule has 0 bridgehead atoms. The van der Waals surface area contributed by atoms with E-state index >= 15 is 0 Å². The van der Waals surface area contributed by atoms with E-state index in [9.17, 15) is 25.7 Å². The predicted octanol–water partition coefficient (Wildman–Crippen LogP) is 10.1. The number of aromatic nitrogens is 1. The molecular weight excluding hydrogens is 973 g/mol. The smallest absolute Gasteiger partial charge is 0.418 e. The molecule has 0 aliphatic carbocycles. The maximum absolute atomic E-state index is 13.2. The highest BCUT2D eigenvalue weighted by Crippen LogP contribution is 2.50. The summed E-state index contributed by atoms with van der Waals surface area (Å²) < 4.78 is 65.5. The van der Waals surface area contributed by atoms with E-state index in [2.05, 4.69) is 108 Å². The maximum atomic E-state index is 13.2. The van der Waals surface area contributed by atoms with Crippen molar-refractivity contribution in [3.63, 3.8) is 0 Å². The van der Waals surface area contributed by atoms with Gasteiger partial charge in [0.05, 0.1) is 9.79 Å². The second-order valence-electron chi connectivity index (χ2n) is 7.98. The minimum atomic E-state index is -6.00. The van der Waals surface area contributed by atoms with E-state index in [1.165, 1.54) is 11.1 Å². The Kier molecular flexibility index (Phi) is 14.2. The molecule has 4 nitrogen and oxygen atoms in total. The molecule has 4 rings (SSSR count). The van der Waals surface area contributed by atoms with Crippen LogP contribution in [0.25, 0.3) is 11.1 Å². The fraction of sp³-hybridized carbons (Fsp3) is 0.115. The fourth-order valence-electron chi connectivity index (χ4n) is 3.35. The molecule has 42 heavy (non-hydrogen) atoms. The van der Waals surface area contributed by atoms with E-state index < -0.39 is 21.4 Å². The lowest BCUT2D eigenvalue weighted by Crippen LogP contribution is -2.39. The van der Waals surface area contributed by atoms with Crippen molar-refractivity contribution < 1.29 is 35.2 Å². The van der Waals surface area contributed by atoms with Gasteiger partial charge in [0.1, 0.15) is 7.11 Å². The monoisotopic (exact) mass is 987 g/mol. The number of hydrogen-bond acceptors (Lipinski definition) is 3. The molecule has 0 aliphatic rings. The Morgan fingerprint density at radius 2 is 0.952 bits per heavy atom. The van der Waals surface area contributed by atoms with E-state index in [1.54, 1.807) is 60.4 Å². The minimum Gasteiger partial charge on any atom is -0.418 e. The number of pyridine rings is 1. The zero-order valence-corrected chi connectivity index (χ0v) is 31.6. The van der Waals surface area contributed by atoms with Crippen molar-refractivity contribution in [2.24, 2.45) is 0 Å². The molecule has 0 radical (unpaired) electrons. The Morgan fingerprint density at radius 3 is 1.31 bits per heavy atom. The van der Waals surface area contributed by atoms with Crippen LogP contribution in [-0.2, 0) is 14.1 Å². The molecule has 0 N–H and O–H groups in total. The van der Waals surface area contributed by atoms with Crippen LogP contribution in [0.1, 0.15) is 11.1 Å². The summed E-state index contributed by atoms with van der Waals surface area (Å²) in [6.45, 7) is 0. The van der Waals surface area contributed by atoms with Crippen molar-refractivity contribution in [2.75, 3.05) is 7.11 Å². The molecule has 0 unspecified atom stereocenters. The lowest BCUT2D eigenvalue weighted by molar-refractivity contribution is -0.885. The van der Waals surface area contributed by atoms with Crippen LogP contribution in [0.5, 0.6) is 0 Å².